The zero-order valence-electron chi connectivity index (χ0n) is 15.2. The Balaban J connectivity index is 1.89. The predicted molar refractivity (Wildman–Crippen MR) is 91.5 cm³/mol. The topological polar surface area (TPSA) is 92.5 Å². The van der Waals surface area contributed by atoms with Gasteiger partial charge in [0.1, 0.15) is 0 Å². The van der Waals surface area contributed by atoms with E-state index in [2.05, 4.69) is 0 Å². The van der Waals surface area contributed by atoms with Gasteiger partial charge in [-0.15, -0.1) is 0 Å². The summed E-state index contributed by atoms with van der Waals surface area (Å²) in [7, 11) is 3.08. The fourth-order valence-corrected chi connectivity index (χ4v) is 2.66. The van der Waals surface area contributed by atoms with Crippen molar-refractivity contribution >= 4 is 17.7 Å². The van der Waals surface area contributed by atoms with Crippen molar-refractivity contribution in [1.82, 2.24) is 14.7 Å². The summed E-state index contributed by atoms with van der Waals surface area (Å²) in [6.45, 7) is 2.65. The van der Waals surface area contributed by atoms with Crippen LogP contribution in [0.15, 0.2) is 22.8 Å². The molecule has 0 bridgehead atoms. The van der Waals surface area contributed by atoms with Crippen molar-refractivity contribution in [1.29, 1.82) is 0 Å². The van der Waals surface area contributed by atoms with Crippen LogP contribution in [0.4, 0.5) is 0 Å². The number of piperazine rings is 1. The Morgan fingerprint density at radius 1 is 1.04 bits per heavy atom. The third-order valence-corrected chi connectivity index (χ3v) is 4.19. The van der Waals surface area contributed by atoms with E-state index in [1.807, 2.05) is 0 Å². The maximum absolute atomic E-state index is 12.5. The fourth-order valence-electron chi connectivity index (χ4n) is 2.66. The minimum atomic E-state index is -0.579. The van der Waals surface area contributed by atoms with Gasteiger partial charge in [-0.3, -0.25) is 14.4 Å². The van der Waals surface area contributed by atoms with Crippen LogP contribution in [0.3, 0.4) is 0 Å². The average molecular weight is 367 g/mol. The van der Waals surface area contributed by atoms with E-state index in [9.17, 15) is 14.4 Å². The molecular formula is C17H25N3O6. The molecule has 1 aliphatic rings. The summed E-state index contributed by atoms with van der Waals surface area (Å²) in [5.41, 5.74) is 0. The highest BCUT2D eigenvalue weighted by molar-refractivity contribution is 6.34. The summed E-state index contributed by atoms with van der Waals surface area (Å²) in [6.07, 6.45) is 1.44. The van der Waals surface area contributed by atoms with E-state index in [4.69, 9.17) is 13.9 Å². The van der Waals surface area contributed by atoms with Crippen molar-refractivity contribution in [2.75, 3.05) is 66.7 Å². The van der Waals surface area contributed by atoms with E-state index in [-0.39, 0.29) is 11.7 Å². The number of methoxy groups -OCH3 is 2. The van der Waals surface area contributed by atoms with Crippen LogP contribution >= 0.6 is 0 Å². The maximum Gasteiger partial charge on any atom is 0.312 e. The van der Waals surface area contributed by atoms with E-state index in [1.165, 1.54) is 30.3 Å². The summed E-state index contributed by atoms with van der Waals surface area (Å²) in [6, 6.07) is 3.26. The Morgan fingerprint density at radius 2 is 1.62 bits per heavy atom. The predicted octanol–water partition coefficient (Wildman–Crippen LogP) is -0.315. The highest BCUT2D eigenvalue weighted by Gasteiger charge is 2.31. The SMILES string of the molecule is COCCN(CCOC)C(=O)C(=O)N1CCN(C(=O)c2ccco2)CC1. The molecule has 9 nitrogen and oxygen atoms in total. The number of hydrogen-bond acceptors (Lipinski definition) is 6. The fraction of sp³-hybridized carbons (Fsp3) is 0.588. The Morgan fingerprint density at radius 3 is 2.12 bits per heavy atom. The summed E-state index contributed by atoms with van der Waals surface area (Å²) in [5, 5.41) is 0. The molecule has 0 aliphatic carbocycles. The third-order valence-electron chi connectivity index (χ3n) is 4.19. The van der Waals surface area contributed by atoms with Gasteiger partial charge in [0.15, 0.2) is 5.76 Å². The Bertz CT molecular complexity index is 588. The van der Waals surface area contributed by atoms with Gasteiger partial charge in [0.2, 0.25) is 0 Å². The van der Waals surface area contributed by atoms with Crippen molar-refractivity contribution < 1.29 is 28.3 Å². The zero-order valence-corrected chi connectivity index (χ0v) is 15.2. The van der Waals surface area contributed by atoms with E-state index < -0.39 is 11.8 Å². The number of nitrogens with zero attached hydrogens (tertiary/aromatic N) is 3. The van der Waals surface area contributed by atoms with Gasteiger partial charge >= 0.3 is 11.8 Å². The summed E-state index contributed by atoms with van der Waals surface area (Å²) >= 11 is 0. The molecule has 1 fully saturated rings. The number of amides is 3. The number of rotatable bonds is 7. The lowest BCUT2D eigenvalue weighted by atomic mass is 10.2. The van der Waals surface area contributed by atoms with Gasteiger partial charge in [0.25, 0.3) is 5.91 Å². The molecule has 0 radical (unpaired) electrons. The maximum atomic E-state index is 12.5. The Labute approximate surface area is 152 Å². The largest absolute Gasteiger partial charge is 0.459 e. The molecule has 1 aliphatic heterocycles. The molecular weight excluding hydrogens is 342 g/mol. The molecule has 1 aromatic rings. The Hall–Kier alpha value is -2.39. The first-order valence-electron chi connectivity index (χ1n) is 8.47. The van der Waals surface area contributed by atoms with Crippen molar-refractivity contribution in [3.05, 3.63) is 24.2 Å². The summed E-state index contributed by atoms with van der Waals surface area (Å²) in [4.78, 5) is 41.7. The molecule has 2 heterocycles. The molecule has 3 amide bonds. The minimum absolute atomic E-state index is 0.213. The smallest absolute Gasteiger partial charge is 0.312 e. The molecule has 0 saturated carbocycles. The standard InChI is InChI=1S/C17H25N3O6/c1-24-12-9-20(10-13-25-2)17(23)16(22)19-7-5-18(6-8-19)15(21)14-4-3-11-26-14/h3-4,11H,5-10,12-13H2,1-2H3. The van der Waals surface area contributed by atoms with Crippen LogP contribution in [0.25, 0.3) is 0 Å². The van der Waals surface area contributed by atoms with E-state index in [1.54, 1.807) is 17.0 Å². The molecule has 26 heavy (non-hydrogen) atoms. The first kappa shape index (κ1) is 19.9. The van der Waals surface area contributed by atoms with Crippen LogP contribution in [-0.2, 0) is 19.1 Å². The van der Waals surface area contributed by atoms with Gasteiger partial charge in [-0.05, 0) is 12.1 Å². The summed E-state index contributed by atoms with van der Waals surface area (Å²) in [5.74, 6) is -1.09. The van der Waals surface area contributed by atoms with Gasteiger partial charge in [-0.2, -0.15) is 0 Å². The third kappa shape index (κ3) is 5.06. The molecule has 9 heteroatoms. The molecule has 144 valence electrons. The first-order chi connectivity index (χ1) is 12.6. The molecule has 1 saturated heterocycles. The van der Waals surface area contributed by atoms with Crippen molar-refractivity contribution in [3.63, 3.8) is 0 Å². The van der Waals surface area contributed by atoms with Gasteiger partial charge in [-0.25, -0.2) is 0 Å². The number of carbonyl (C=O) groups excluding carboxylic acids is 3. The number of ether oxygens (including phenoxy) is 2. The lowest BCUT2D eigenvalue weighted by Gasteiger charge is -2.35. The van der Waals surface area contributed by atoms with Gasteiger partial charge in [0.05, 0.1) is 19.5 Å². The quantitative estimate of drug-likeness (QED) is 0.614. The highest BCUT2D eigenvalue weighted by atomic mass is 16.5. The molecule has 0 atom stereocenters. The second-order valence-electron chi connectivity index (χ2n) is 5.84. The van der Waals surface area contributed by atoms with Crippen LogP contribution in [0.1, 0.15) is 10.6 Å². The second kappa shape index (κ2) is 9.93. The lowest BCUT2D eigenvalue weighted by Crippen LogP contribution is -2.55. The monoisotopic (exact) mass is 367 g/mol. The Kier molecular flexibility index (Phi) is 7.61. The normalized spacial score (nSPS) is 14.4. The van der Waals surface area contributed by atoms with E-state index in [0.717, 1.165) is 0 Å². The van der Waals surface area contributed by atoms with Crippen LogP contribution in [0.2, 0.25) is 0 Å². The van der Waals surface area contributed by atoms with Gasteiger partial charge < -0.3 is 28.6 Å². The van der Waals surface area contributed by atoms with Gasteiger partial charge in [-0.1, -0.05) is 0 Å². The van der Waals surface area contributed by atoms with E-state index in [0.29, 0.717) is 52.5 Å². The summed E-state index contributed by atoms with van der Waals surface area (Å²) < 4.78 is 15.1. The molecule has 0 aromatic carbocycles. The number of furan rings is 1. The first-order valence-corrected chi connectivity index (χ1v) is 8.47. The minimum Gasteiger partial charge on any atom is -0.459 e. The average Bonchev–Trinajstić information content (AvgIpc) is 3.21. The number of hydrogen-bond donors (Lipinski definition) is 0. The van der Waals surface area contributed by atoms with E-state index >= 15 is 0 Å². The van der Waals surface area contributed by atoms with Crippen LogP contribution in [-0.4, -0.2) is 99.1 Å². The molecule has 0 N–H and O–H groups in total. The molecule has 0 unspecified atom stereocenters. The highest BCUT2D eigenvalue weighted by Crippen LogP contribution is 2.10. The molecule has 0 spiro atoms. The molecule has 2 rings (SSSR count). The second-order valence-corrected chi connectivity index (χ2v) is 5.84. The van der Waals surface area contributed by atoms with Crippen LogP contribution < -0.4 is 0 Å². The van der Waals surface area contributed by atoms with Crippen molar-refractivity contribution in [2.24, 2.45) is 0 Å². The van der Waals surface area contributed by atoms with Crippen molar-refractivity contribution in [3.8, 4) is 0 Å². The van der Waals surface area contributed by atoms with Crippen LogP contribution in [0, 0.1) is 0 Å². The van der Waals surface area contributed by atoms with Crippen molar-refractivity contribution in [2.45, 2.75) is 0 Å². The lowest BCUT2D eigenvalue weighted by molar-refractivity contribution is -0.153. The van der Waals surface area contributed by atoms with Crippen LogP contribution in [0.5, 0.6) is 0 Å². The molecule has 1 aromatic heterocycles. The van der Waals surface area contributed by atoms with Gasteiger partial charge in [0, 0.05) is 53.5 Å². The number of carbonyl (C=O) groups is 3. The zero-order chi connectivity index (χ0) is 18.9.